The van der Waals surface area contributed by atoms with Gasteiger partial charge in [-0.15, -0.1) is 0 Å². The van der Waals surface area contributed by atoms with Gasteiger partial charge in [0.15, 0.2) is 0 Å². The van der Waals surface area contributed by atoms with Crippen LogP contribution < -0.4 is 9.62 Å². The standard InChI is InChI=1S/C29H29Cl3F3N3O4S/c1-18(2)36-28(40)26(14-19-7-5-4-6-8-19)37(16-20-9-11-24(31)25(32)13-20)27(39)17-38(43(3,41)42)21-10-12-23(30)22(15-21)29(33,34)35/h4-13,15,18,26H,14,16-17H2,1-3H3,(H,36,40)/t26-/m1/s1. The molecule has 3 aromatic rings. The molecule has 0 radical (unpaired) electrons. The summed E-state index contributed by atoms with van der Waals surface area (Å²) < 4.78 is 67.0. The molecule has 7 nitrogen and oxygen atoms in total. The second-order valence-corrected chi connectivity index (χ2v) is 13.2. The molecular formula is C29H29Cl3F3N3O4S. The average Bonchev–Trinajstić information content (AvgIpc) is 2.90. The number of nitrogens with zero attached hydrogens (tertiary/aromatic N) is 2. The molecule has 0 heterocycles. The molecule has 1 N–H and O–H groups in total. The summed E-state index contributed by atoms with van der Waals surface area (Å²) in [5.41, 5.74) is -0.493. The molecule has 43 heavy (non-hydrogen) atoms. The Morgan fingerprint density at radius 3 is 2.07 bits per heavy atom. The maximum absolute atomic E-state index is 14.0. The Labute approximate surface area is 263 Å². The van der Waals surface area contributed by atoms with Crippen molar-refractivity contribution in [3.63, 3.8) is 0 Å². The van der Waals surface area contributed by atoms with E-state index in [1.807, 2.05) is 0 Å². The molecule has 0 saturated carbocycles. The van der Waals surface area contributed by atoms with Gasteiger partial charge in [-0.25, -0.2) is 8.42 Å². The van der Waals surface area contributed by atoms with Crippen molar-refractivity contribution in [2.24, 2.45) is 0 Å². The molecule has 2 amide bonds. The number of hydrogen-bond donors (Lipinski definition) is 1. The Bertz CT molecular complexity index is 1570. The van der Waals surface area contributed by atoms with Crippen LogP contribution in [0.4, 0.5) is 18.9 Å². The topological polar surface area (TPSA) is 86.8 Å². The molecule has 3 aromatic carbocycles. The molecule has 0 aliphatic heterocycles. The van der Waals surface area contributed by atoms with Crippen LogP contribution in [-0.2, 0) is 38.8 Å². The number of carbonyl (C=O) groups excluding carboxylic acids is 2. The first kappa shape index (κ1) is 34.5. The van der Waals surface area contributed by atoms with Crippen molar-refractivity contribution in [2.45, 2.75) is 45.1 Å². The van der Waals surface area contributed by atoms with Crippen LogP contribution in [0, 0.1) is 0 Å². The summed E-state index contributed by atoms with van der Waals surface area (Å²) in [6.07, 6.45) is -4.06. The second kappa shape index (κ2) is 14.2. The molecule has 0 aliphatic rings. The van der Waals surface area contributed by atoms with Crippen LogP contribution in [0.2, 0.25) is 15.1 Å². The van der Waals surface area contributed by atoms with E-state index < -0.39 is 56.9 Å². The number of hydrogen-bond acceptors (Lipinski definition) is 4. The summed E-state index contributed by atoms with van der Waals surface area (Å²) in [6.45, 7) is 2.39. The third-order valence-corrected chi connectivity index (χ3v) is 8.47. The fourth-order valence-corrected chi connectivity index (χ4v) is 5.66. The van der Waals surface area contributed by atoms with Crippen LogP contribution in [0.1, 0.15) is 30.5 Å². The van der Waals surface area contributed by atoms with E-state index in [1.165, 1.54) is 17.0 Å². The van der Waals surface area contributed by atoms with E-state index in [9.17, 15) is 31.2 Å². The van der Waals surface area contributed by atoms with Crippen LogP contribution in [-0.4, -0.2) is 50.0 Å². The summed E-state index contributed by atoms with van der Waals surface area (Å²) in [6, 6.07) is 14.6. The monoisotopic (exact) mass is 677 g/mol. The highest BCUT2D eigenvalue weighted by Gasteiger charge is 2.36. The van der Waals surface area contributed by atoms with E-state index in [0.717, 1.165) is 18.4 Å². The number of carbonyl (C=O) groups is 2. The molecule has 0 saturated heterocycles. The average molecular weight is 679 g/mol. The van der Waals surface area contributed by atoms with Gasteiger partial charge in [-0.05, 0) is 55.3 Å². The summed E-state index contributed by atoms with van der Waals surface area (Å²) in [4.78, 5) is 28.8. The fourth-order valence-electron chi connectivity index (χ4n) is 4.27. The van der Waals surface area contributed by atoms with Crippen LogP contribution in [0.25, 0.3) is 0 Å². The van der Waals surface area contributed by atoms with Gasteiger partial charge < -0.3 is 10.2 Å². The van der Waals surface area contributed by atoms with Crippen LogP contribution in [0.5, 0.6) is 0 Å². The highest BCUT2D eigenvalue weighted by atomic mass is 35.5. The highest BCUT2D eigenvalue weighted by molar-refractivity contribution is 7.92. The number of nitrogens with one attached hydrogen (secondary N) is 1. The number of rotatable bonds is 11. The van der Waals surface area contributed by atoms with Crippen molar-refractivity contribution in [1.82, 2.24) is 10.2 Å². The van der Waals surface area contributed by atoms with E-state index in [1.54, 1.807) is 50.2 Å². The van der Waals surface area contributed by atoms with Crippen LogP contribution >= 0.6 is 34.8 Å². The highest BCUT2D eigenvalue weighted by Crippen LogP contribution is 2.37. The molecule has 0 spiro atoms. The molecule has 232 valence electrons. The van der Waals surface area contributed by atoms with Crippen molar-refractivity contribution < 1.29 is 31.2 Å². The number of benzene rings is 3. The van der Waals surface area contributed by atoms with Gasteiger partial charge in [-0.3, -0.25) is 13.9 Å². The van der Waals surface area contributed by atoms with Crippen molar-refractivity contribution in [2.75, 3.05) is 17.1 Å². The maximum Gasteiger partial charge on any atom is 0.417 e. The third-order valence-electron chi connectivity index (χ3n) is 6.26. The first-order valence-electron chi connectivity index (χ1n) is 12.9. The Kier molecular flexibility index (Phi) is 11.4. The van der Waals surface area contributed by atoms with E-state index >= 15 is 0 Å². The molecule has 0 bridgehead atoms. The molecule has 14 heteroatoms. The summed E-state index contributed by atoms with van der Waals surface area (Å²) in [5, 5.41) is 2.61. The second-order valence-electron chi connectivity index (χ2n) is 10.1. The molecule has 0 aromatic heterocycles. The first-order chi connectivity index (χ1) is 20.0. The zero-order valence-corrected chi connectivity index (χ0v) is 26.4. The Morgan fingerprint density at radius 1 is 0.884 bits per heavy atom. The quantitative estimate of drug-likeness (QED) is 0.248. The SMILES string of the molecule is CC(C)NC(=O)[C@@H](Cc1ccccc1)N(Cc1ccc(Cl)c(Cl)c1)C(=O)CN(c1ccc(Cl)c(C(F)(F)F)c1)S(C)(=O)=O. The minimum Gasteiger partial charge on any atom is -0.352 e. The number of anilines is 1. The molecule has 1 atom stereocenters. The molecule has 0 unspecified atom stereocenters. The Balaban J connectivity index is 2.12. The predicted molar refractivity (Wildman–Crippen MR) is 163 cm³/mol. The van der Waals surface area contributed by atoms with E-state index in [2.05, 4.69) is 5.32 Å². The predicted octanol–water partition coefficient (Wildman–Crippen LogP) is 6.60. The van der Waals surface area contributed by atoms with Crippen LogP contribution in [0.3, 0.4) is 0 Å². The number of amides is 2. The lowest BCUT2D eigenvalue weighted by atomic mass is 10.0. The maximum atomic E-state index is 14.0. The van der Waals surface area contributed by atoms with Gasteiger partial charge >= 0.3 is 6.18 Å². The number of alkyl halides is 3. The van der Waals surface area contributed by atoms with Crippen LogP contribution in [0.15, 0.2) is 66.7 Å². The van der Waals surface area contributed by atoms with E-state index in [0.29, 0.717) is 21.5 Å². The number of halogens is 6. The van der Waals surface area contributed by atoms with E-state index in [4.69, 9.17) is 34.8 Å². The normalized spacial score (nSPS) is 12.6. The lowest BCUT2D eigenvalue weighted by Crippen LogP contribution is -2.54. The molecular weight excluding hydrogens is 650 g/mol. The third kappa shape index (κ3) is 9.50. The minimum atomic E-state index is -4.88. The fraction of sp³-hybridized carbons (Fsp3) is 0.310. The van der Waals surface area contributed by atoms with Gasteiger partial charge in [0, 0.05) is 19.0 Å². The van der Waals surface area contributed by atoms with Gasteiger partial charge in [0.25, 0.3) is 0 Å². The lowest BCUT2D eigenvalue weighted by Gasteiger charge is -2.34. The zero-order valence-electron chi connectivity index (χ0n) is 23.3. The van der Waals surface area contributed by atoms with Gasteiger partial charge in [0.05, 0.1) is 32.6 Å². The minimum absolute atomic E-state index is 0.0600. The first-order valence-corrected chi connectivity index (χ1v) is 15.9. The lowest BCUT2D eigenvalue weighted by molar-refractivity contribution is -0.140. The smallest absolute Gasteiger partial charge is 0.352 e. The largest absolute Gasteiger partial charge is 0.417 e. The summed E-state index contributed by atoms with van der Waals surface area (Å²) in [5.74, 6) is -1.36. The number of sulfonamides is 1. The molecule has 0 fully saturated rings. The van der Waals surface area contributed by atoms with E-state index in [-0.39, 0.29) is 29.1 Å². The van der Waals surface area contributed by atoms with Gasteiger partial charge in [-0.2, -0.15) is 13.2 Å². The summed E-state index contributed by atoms with van der Waals surface area (Å²) >= 11 is 18.0. The zero-order chi connectivity index (χ0) is 32.1. The van der Waals surface area contributed by atoms with Gasteiger partial charge in [-0.1, -0.05) is 71.2 Å². The van der Waals surface area contributed by atoms with Crippen molar-refractivity contribution in [3.05, 3.63) is 98.5 Å². The Morgan fingerprint density at radius 2 is 1.51 bits per heavy atom. The molecule has 3 rings (SSSR count). The van der Waals surface area contributed by atoms with Gasteiger partial charge in [0.2, 0.25) is 21.8 Å². The summed E-state index contributed by atoms with van der Waals surface area (Å²) in [7, 11) is -4.29. The molecule has 0 aliphatic carbocycles. The van der Waals surface area contributed by atoms with Crippen molar-refractivity contribution in [1.29, 1.82) is 0 Å². The van der Waals surface area contributed by atoms with Crippen molar-refractivity contribution >= 4 is 62.3 Å². The van der Waals surface area contributed by atoms with Crippen molar-refractivity contribution in [3.8, 4) is 0 Å². The Hall–Kier alpha value is -2.99. The van der Waals surface area contributed by atoms with Gasteiger partial charge in [0.1, 0.15) is 12.6 Å².